The smallest absolute Gasteiger partial charge is 0.229 e. The maximum absolute atomic E-state index is 13.0. The second kappa shape index (κ2) is 3.63. The van der Waals surface area contributed by atoms with Gasteiger partial charge in [-0.3, -0.25) is 4.72 Å². The Morgan fingerprint density at radius 3 is 2.54 bits per heavy atom. The zero-order chi connectivity index (χ0) is 10.1. The SMILES string of the molecule is CS(=O)(=O)Nc1c(F)cccc1Br. The fourth-order valence-electron chi connectivity index (χ4n) is 0.781. The van der Waals surface area contributed by atoms with Gasteiger partial charge in [-0.25, -0.2) is 12.8 Å². The molecular formula is C7H7BrFNO2S. The number of nitrogens with one attached hydrogen (secondary N) is 1. The normalized spacial score (nSPS) is 11.3. The zero-order valence-corrected chi connectivity index (χ0v) is 9.12. The Labute approximate surface area is 84.1 Å². The Morgan fingerprint density at radius 2 is 2.08 bits per heavy atom. The molecule has 6 heteroatoms. The molecule has 13 heavy (non-hydrogen) atoms. The highest BCUT2D eigenvalue weighted by atomic mass is 79.9. The van der Waals surface area contributed by atoms with Crippen molar-refractivity contribution in [1.29, 1.82) is 0 Å². The predicted octanol–water partition coefficient (Wildman–Crippen LogP) is 1.96. The lowest BCUT2D eigenvalue weighted by atomic mass is 10.3. The molecule has 0 fully saturated rings. The van der Waals surface area contributed by atoms with Crippen molar-refractivity contribution in [3.8, 4) is 0 Å². The highest BCUT2D eigenvalue weighted by molar-refractivity contribution is 9.10. The van der Waals surface area contributed by atoms with Crippen LogP contribution in [-0.4, -0.2) is 14.7 Å². The summed E-state index contributed by atoms with van der Waals surface area (Å²) in [5.74, 6) is -0.611. The summed E-state index contributed by atoms with van der Waals surface area (Å²) in [6.07, 6.45) is 0.964. The molecule has 0 bridgehead atoms. The van der Waals surface area contributed by atoms with E-state index in [1.54, 1.807) is 6.07 Å². The van der Waals surface area contributed by atoms with E-state index in [-0.39, 0.29) is 5.69 Å². The molecule has 0 unspecified atom stereocenters. The van der Waals surface area contributed by atoms with Gasteiger partial charge in [0.2, 0.25) is 10.0 Å². The van der Waals surface area contributed by atoms with Crippen molar-refractivity contribution in [3.05, 3.63) is 28.5 Å². The third kappa shape index (κ3) is 2.96. The first kappa shape index (κ1) is 10.5. The minimum absolute atomic E-state index is 0.0648. The van der Waals surface area contributed by atoms with Gasteiger partial charge in [0.25, 0.3) is 0 Å². The second-order valence-corrected chi connectivity index (χ2v) is 5.07. The molecule has 0 saturated heterocycles. The largest absolute Gasteiger partial charge is 0.280 e. The molecule has 3 nitrogen and oxygen atoms in total. The van der Waals surface area contributed by atoms with E-state index >= 15 is 0 Å². The number of para-hydroxylation sites is 1. The topological polar surface area (TPSA) is 46.2 Å². The molecule has 0 heterocycles. The zero-order valence-electron chi connectivity index (χ0n) is 6.71. The van der Waals surface area contributed by atoms with Gasteiger partial charge in [-0.05, 0) is 28.1 Å². The van der Waals surface area contributed by atoms with Gasteiger partial charge in [-0.15, -0.1) is 0 Å². The van der Waals surface area contributed by atoms with Crippen LogP contribution in [0.3, 0.4) is 0 Å². The third-order valence-electron chi connectivity index (χ3n) is 1.25. The van der Waals surface area contributed by atoms with E-state index in [2.05, 4.69) is 20.7 Å². The molecule has 1 aromatic rings. The lowest BCUT2D eigenvalue weighted by Crippen LogP contribution is -2.11. The van der Waals surface area contributed by atoms with Crippen LogP contribution in [-0.2, 0) is 10.0 Å². The van der Waals surface area contributed by atoms with Crippen LogP contribution in [0, 0.1) is 5.82 Å². The molecule has 1 rings (SSSR count). The monoisotopic (exact) mass is 267 g/mol. The molecule has 0 saturated carbocycles. The van der Waals surface area contributed by atoms with Crippen molar-refractivity contribution in [2.75, 3.05) is 11.0 Å². The van der Waals surface area contributed by atoms with Crippen LogP contribution in [0.15, 0.2) is 22.7 Å². The molecule has 72 valence electrons. The molecule has 0 amide bonds. The van der Waals surface area contributed by atoms with E-state index in [4.69, 9.17) is 0 Å². The van der Waals surface area contributed by atoms with Crippen molar-refractivity contribution in [3.63, 3.8) is 0 Å². The summed E-state index contributed by atoms with van der Waals surface area (Å²) in [4.78, 5) is 0. The van der Waals surface area contributed by atoms with E-state index in [1.807, 2.05) is 0 Å². The average Bonchev–Trinajstić information content (AvgIpc) is 1.95. The Balaban J connectivity index is 3.15. The predicted molar refractivity (Wildman–Crippen MR) is 52.6 cm³/mol. The van der Waals surface area contributed by atoms with E-state index < -0.39 is 15.8 Å². The van der Waals surface area contributed by atoms with Gasteiger partial charge in [0, 0.05) is 4.47 Å². The van der Waals surface area contributed by atoms with E-state index in [9.17, 15) is 12.8 Å². The number of benzene rings is 1. The summed E-state index contributed by atoms with van der Waals surface area (Å²) in [5.41, 5.74) is -0.0648. The van der Waals surface area contributed by atoms with Gasteiger partial charge in [-0.2, -0.15) is 0 Å². The summed E-state index contributed by atoms with van der Waals surface area (Å²) < 4.78 is 37.1. The number of hydrogen-bond acceptors (Lipinski definition) is 2. The van der Waals surface area contributed by atoms with Crippen LogP contribution >= 0.6 is 15.9 Å². The van der Waals surface area contributed by atoms with Crippen LogP contribution in [0.25, 0.3) is 0 Å². The highest BCUT2D eigenvalue weighted by Crippen LogP contribution is 2.25. The van der Waals surface area contributed by atoms with Crippen molar-refractivity contribution in [1.82, 2.24) is 0 Å². The molecule has 0 aliphatic heterocycles. The van der Waals surface area contributed by atoms with Gasteiger partial charge >= 0.3 is 0 Å². The highest BCUT2D eigenvalue weighted by Gasteiger charge is 2.10. The number of anilines is 1. The summed E-state index contributed by atoms with van der Waals surface area (Å²) in [5, 5.41) is 0. The fraction of sp³-hybridized carbons (Fsp3) is 0.143. The van der Waals surface area contributed by atoms with Crippen molar-refractivity contribution >= 4 is 31.6 Å². The van der Waals surface area contributed by atoms with Gasteiger partial charge < -0.3 is 0 Å². The molecule has 0 spiro atoms. The van der Waals surface area contributed by atoms with Gasteiger partial charge in [-0.1, -0.05) is 6.07 Å². The summed E-state index contributed by atoms with van der Waals surface area (Å²) in [6.45, 7) is 0. The van der Waals surface area contributed by atoms with E-state index in [0.717, 1.165) is 6.26 Å². The van der Waals surface area contributed by atoms with Crippen LogP contribution in [0.4, 0.5) is 10.1 Å². The van der Waals surface area contributed by atoms with Crippen molar-refractivity contribution in [2.24, 2.45) is 0 Å². The number of sulfonamides is 1. The maximum atomic E-state index is 13.0. The molecule has 0 aliphatic carbocycles. The number of halogens is 2. The van der Waals surface area contributed by atoms with Crippen LogP contribution < -0.4 is 4.72 Å². The van der Waals surface area contributed by atoms with Crippen LogP contribution in [0.1, 0.15) is 0 Å². The van der Waals surface area contributed by atoms with Crippen LogP contribution in [0.2, 0.25) is 0 Å². The summed E-state index contributed by atoms with van der Waals surface area (Å²) >= 11 is 3.03. The number of rotatable bonds is 2. The second-order valence-electron chi connectivity index (χ2n) is 2.47. The fourth-order valence-corrected chi connectivity index (χ4v) is 1.93. The van der Waals surface area contributed by atoms with Crippen molar-refractivity contribution < 1.29 is 12.8 Å². The average molecular weight is 268 g/mol. The Kier molecular flexibility index (Phi) is 2.92. The van der Waals surface area contributed by atoms with Gasteiger partial charge in [0.05, 0.1) is 11.9 Å². The van der Waals surface area contributed by atoms with Crippen LogP contribution in [0.5, 0.6) is 0 Å². The Bertz CT molecular complexity index is 398. The van der Waals surface area contributed by atoms with E-state index in [1.165, 1.54) is 12.1 Å². The first-order valence-corrected chi connectivity index (χ1v) is 6.00. The third-order valence-corrected chi connectivity index (χ3v) is 2.49. The van der Waals surface area contributed by atoms with E-state index in [0.29, 0.717) is 4.47 Å². The molecular weight excluding hydrogens is 261 g/mol. The molecule has 1 N–H and O–H groups in total. The molecule has 0 aromatic heterocycles. The molecule has 0 radical (unpaired) electrons. The molecule has 1 aromatic carbocycles. The first-order chi connectivity index (χ1) is 5.90. The molecule has 0 aliphatic rings. The number of hydrogen-bond donors (Lipinski definition) is 1. The standard InChI is InChI=1S/C7H7BrFNO2S/c1-13(11,12)10-7-5(8)3-2-4-6(7)9/h2-4,10H,1H3. The first-order valence-electron chi connectivity index (χ1n) is 3.32. The Hall–Kier alpha value is -0.620. The molecule has 0 atom stereocenters. The quantitative estimate of drug-likeness (QED) is 0.891. The van der Waals surface area contributed by atoms with Gasteiger partial charge in [0.15, 0.2) is 0 Å². The minimum atomic E-state index is -3.44. The maximum Gasteiger partial charge on any atom is 0.229 e. The summed E-state index contributed by atoms with van der Waals surface area (Å²) in [6, 6.07) is 4.21. The Morgan fingerprint density at radius 1 is 1.46 bits per heavy atom. The van der Waals surface area contributed by atoms with Gasteiger partial charge in [0.1, 0.15) is 5.82 Å². The summed E-state index contributed by atoms with van der Waals surface area (Å²) in [7, 11) is -3.44. The minimum Gasteiger partial charge on any atom is -0.280 e. The lowest BCUT2D eigenvalue weighted by molar-refractivity contribution is 0.603. The lowest BCUT2D eigenvalue weighted by Gasteiger charge is -2.06. The van der Waals surface area contributed by atoms with Crippen molar-refractivity contribution in [2.45, 2.75) is 0 Å².